The number of hydrogen-bond acceptors (Lipinski definition) is 10. The molecule has 13 nitrogen and oxygen atoms in total. The highest BCUT2D eigenvalue weighted by Gasteiger charge is 2.53. The fourth-order valence-electron chi connectivity index (χ4n) is 8.94. The zero-order chi connectivity index (χ0) is 41.9. The van der Waals surface area contributed by atoms with Crippen molar-refractivity contribution in [2.24, 2.45) is 5.92 Å². The lowest BCUT2D eigenvalue weighted by Crippen LogP contribution is -2.51. The molecule has 4 amide bonds. The van der Waals surface area contributed by atoms with Gasteiger partial charge in [0.2, 0.25) is 17.7 Å². The second kappa shape index (κ2) is 17.7. The molecule has 0 bridgehead atoms. The molecule has 4 aliphatic rings. The largest absolute Gasteiger partial charge is 0.419 e. The molecular formula is C41H51F3N8O5S. The van der Waals surface area contributed by atoms with Crippen LogP contribution in [-0.2, 0) is 30.1 Å². The van der Waals surface area contributed by atoms with Crippen LogP contribution in [0.25, 0.3) is 0 Å². The van der Waals surface area contributed by atoms with E-state index >= 15 is 0 Å². The fraction of sp³-hybridized carbons (Fsp3) is 0.585. The first-order chi connectivity index (χ1) is 27.5. The Morgan fingerprint density at radius 2 is 1.76 bits per heavy atom. The highest BCUT2D eigenvalue weighted by molar-refractivity contribution is 7.80. The van der Waals surface area contributed by atoms with Crippen LogP contribution in [0.1, 0.15) is 103 Å². The van der Waals surface area contributed by atoms with Gasteiger partial charge in [-0.3, -0.25) is 34.3 Å². The second-order valence-corrected chi connectivity index (χ2v) is 16.8. The number of nitriles is 1. The lowest BCUT2D eigenvalue weighted by Gasteiger charge is -2.42. The van der Waals surface area contributed by atoms with Crippen LogP contribution in [0.5, 0.6) is 0 Å². The van der Waals surface area contributed by atoms with E-state index in [1.54, 1.807) is 32.0 Å². The van der Waals surface area contributed by atoms with Crippen molar-refractivity contribution < 1.29 is 37.1 Å². The molecule has 3 N–H and O–H groups in total. The van der Waals surface area contributed by atoms with Crippen molar-refractivity contribution in [1.82, 2.24) is 20.1 Å². The lowest BCUT2D eigenvalue weighted by molar-refractivity contribution is -0.138. The smallest absolute Gasteiger partial charge is 0.378 e. The van der Waals surface area contributed by atoms with Crippen molar-refractivity contribution in [2.75, 3.05) is 28.7 Å². The molecule has 0 radical (unpaired) electrons. The first kappa shape index (κ1) is 42.9. The number of halogens is 3. The minimum Gasteiger partial charge on any atom is -0.378 e. The Kier molecular flexibility index (Phi) is 13.1. The number of rotatable bonds is 12. The molecule has 1 aromatic carbocycles. The van der Waals surface area contributed by atoms with Crippen molar-refractivity contribution in [3.63, 3.8) is 0 Å². The highest BCUT2D eigenvalue weighted by atomic mass is 32.1. The standard InChI is InChI=1S/C41H51F3N8O5S/c1-24-17-31(18-25(2)50(24)23-36(54)48-28-9-5-8-27(19-28)47-33-14-15-35(53)49-37(33)55)57-16-6-7-26-10-12-29(13-11-26)52-39(58)51(38(56)40(52,3)4)30-20-32(41(42,43)44)34(21-45)46-22-30/h5,8-9,19-20,22,24-26,29,31,33,47H,6-7,10-18,23H2,1-4H3,(H,48,54)(H,49,53,55)/t24-,25+,26-,29-,31?,33?. The summed E-state index contributed by atoms with van der Waals surface area (Å²) in [5.74, 6) is -0.717. The molecule has 1 saturated carbocycles. The number of alkyl halides is 3. The Hall–Kier alpha value is -4.66. The summed E-state index contributed by atoms with van der Waals surface area (Å²) >= 11 is 5.73. The molecule has 2 unspecified atom stereocenters. The Balaban J connectivity index is 0.919. The van der Waals surface area contributed by atoms with Crippen LogP contribution in [0.4, 0.5) is 30.2 Å². The molecule has 1 aliphatic carbocycles. The van der Waals surface area contributed by atoms with Gasteiger partial charge >= 0.3 is 6.18 Å². The molecular weight excluding hydrogens is 774 g/mol. The van der Waals surface area contributed by atoms with E-state index in [-0.39, 0.29) is 65.7 Å². The van der Waals surface area contributed by atoms with Gasteiger partial charge in [0.05, 0.1) is 30.1 Å². The normalized spacial score (nSPS) is 26.7. The van der Waals surface area contributed by atoms with Gasteiger partial charge in [0.15, 0.2) is 10.8 Å². The Morgan fingerprint density at radius 1 is 1.07 bits per heavy atom. The quantitative estimate of drug-likeness (QED) is 0.128. The van der Waals surface area contributed by atoms with E-state index in [1.165, 1.54) is 6.07 Å². The molecule has 58 heavy (non-hydrogen) atoms. The number of pyridine rings is 1. The van der Waals surface area contributed by atoms with Crippen LogP contribution in [0.2, 0.25) is 0 Å². The minimum absolute atomic E-state index is 0.0419. The van der Waals surface area contributed by atoms with Gasteiger partial charge in [-0.25, -0.2) is 4.98 Å². The van der Waals surface area contributed by atoms with Crippen LogP contribution in [0.15, 0.2) is 36.5 Å². The zero-order valence-corrected chi connectivity index (χ0v) is 34.0. The first-order valence-electron chi connectivity index (χ1n) is 20.0. The van der Waals surface area contributed by atoms with Crippen LogP contribution >= 0.6 is 12.2 Å². The van der Waals surface area contributed by atoms with Gasteiger partial charge in [0, 0.05) is 42.5 Å². The van der Waals surface area contributed by atoms with E-state index < -0.39 is 34.9 Å². The number of aromatic nitrogens is 1. The lowest BCUT2D eigenvalue weighted by atomic mass is 9.82. The van der Waals surface area contributed by atoms with Crippen LogP contribution < -0.4 is 20.9 Å². The van der Waals surface area contributed by atoms with Crippen LogP contribution in [0, 0.1) is 17.2 Å². The summed E-state index contributed by atoms with van der Waals surface area (Å²) in [5, 5.41) is 17.8. The number of benzene rings is 1. The van der Waals surface area contributed by atoms with Gasteiger partial charge in [0.25, 0.3) is 5.91 Å². The van der Waals surface area contributed by atoms with E-state index in [2.05, 4.69) is 39.7 Å². The minimum atomic E-state index is -4.82. The van der Waals surface area contributed by atoms with Gasteiger partial charge < -0.3 is 20.3 Å². The molecule has 2 aromatic rings. The van der Waals surface area contributed by atoms with E-state index in [9.17, 15) is 32.3 Å². The molecule has 0 spiro atoms. The number of thiocarbonyl (C=S) groups is 1. The summed E-state index contributed by atoms with van der Waals surface area (Å²) in [7, 11) is 0. The molecule has 17 heteroatoms. The van der Waals surface area contributed by atoms with E-state index in [0.29, 0.717) is 30.3 Å². The van der Waals surface area contributed by atoms with E-state index in [0.717, 1.165) is 68.5 Å². The maximum atomic E-state index is 13.7. The fourth-order valence-corrected chi connectivity index (χ4v) is 9.51. The van der Waals surface area contributed by atoms with Crippen molar-refractivity contribution >= 4 is 58.0 Å². The summed E-state index contributed by atoms with van der Waals surface area (Å²) in [6.07, 6.45) is 4.02. The van der Waals surface area contributed by atoms with Crippen molar-refractivity contribution in [3.05, 3.63) is 47.8 Å². The van der Waals surface area contributed by atoms with Crippen LogP contribution in [0.3, 0.4) is 0 Å². The molecule has 312 valence electrons. The number of anilines is 3. The summed E-state index contributed by atoms with van der Waals surface area (Å²) < 4.78 is 47.4. The topological polar surface area (TPSA) is 160 Å². The average Bonchev–Trinajstić information content (AvgIpc) is 3.34. The maximum Gasteiger partial charge on any atom is 0.419 e. The number of ether oxygens (including phenoxy) is 1. The number of nitrogens with one attached hydrogen (secondary N) is 3. The Bertz CT molecular complexity index is 1940. The first-order valence-corrected chi connectivity index (χ1v) is 20.4. The predicted molar refractivity (Wildman–Crippen MR) is 214 cm³/mol. The van der Waals surface area contributed by atoms with Crippen molar-refractivity contribution in [3.8, 4) is 6.07 Å². The second-order valence-electron chi connectivity index (χ2n) is 16.5. The molecule has 4 fully saturated rings. The van der Waals surface area contributed by atoms with Crippen LogP contribution in [-0.4, -0.2) is 92.5 Å². The number of amides is 4. The number of hydrogen-bond donors (Lipinski definition) is 3. The third-order valence-electron chi connectivity index (χ3n) is 12.0. The third kappa shape index (κ3) is 9.61. The molecule has 4 heterocycles. The zero-order valence-electron chi connectivity index (χ0n) is 33.2. The van der Waals surface area contributed by atoms with Gasteiger partial charge in [0.1, 0.15) is 17.6 Å². The SMILES string of the molecule is C[C@@H]1CC(OCCC[C@H]2CC[C@H](N3C(=S)N(c4cnc(C#N)c(C(F)(F)F)c4)C(=O)C3(C)C)CC2)C[C@H](C)N1CC(=O)Nc1cccc(NC2CCC(=O)NC2=O)c1. The third-order valence-corrected chi connectivity index (χ3v) is 12.3. The summed E-state index contributed by atoms with van der Waals surface area (Å²) in [6.45, 7) is 8.58. The Labute approximate surface area is 342 Å². The molecule has 3 saturated heterocycles. The molecule has 3 aliphatic heterocycles. The van der Waals surface area contributed by atoms with Gasteiger partial charge in [-0.1, -0.05) is 6.07 Å². The summed E-state index contributed by atoms with van der Waals surface area (Å²) in [6, 6.07) is 9.14. The molecule has 6 rings (SSSR count). The molecule has 1 aromatic heterocycles. The number of carbonyl (C=O) groups excluding carboxylic acids is 4. The predicted octanol–water partition coefficient (Wildman–Crippen LogP) is 6.14. The number of imide groups is 1. The number of piperidine rings is 2. The molecule has 4 atom stereocenters. The average molecular weight is 825 g/mol. The summed E-state index contributed by atoms with van der Waals surface area (Å²) in [4.78, 5) is 59.2. The van der Waals surface area contributed by atoms with E-state index in [4.69, 9.17) is 22.2 Å². The Morgan fingerprint density at radius 3 is 2.41 bits per heavy atom. The van der Waals surface area contributed by atoms with Gasteiger partial charge in [-0.05, 0) is 128 Å². The van der Waals surface area contributed by atoms with Gasteiger partial charge in [-0.2, -0.15) is 18.4 Å². The maximum absolute atomic E-state index is 13.7. The summed E-state index contributed by atoms with van der Waals surface area (Å²) in [5.41, 5.74) is -1.84. The monoisotopic (exact) mass is 824 g/mol. The number of likely N-dealkylation sites (tertiary alicyclic amines) is 1. The van der Waals surface area contributed by atoms with Crippen molar-refractivity contribution in [1.29, 1.82) is 5.26 Å². The number of nitrogens with zero attached hydrogens (tertiary/aromatic N) is 5. The van der Waals surface area contributed by atoms with Gasteiger partial charge in [-0.15, -0.1) is 0 Å². The van der Waals surface area contributed by atoms with Crippen molar-refractivity contribution in [2.45, 2.75) is 134 Å². The number of carbonyl (C=O) groups is 4. The van der Waals surface area contributed by atoms with E-state index in [1.807, 2.05) is 11.0 Å². The highest BCUT2D eigenvalue weighted by Crippen LogP contribution is 2.41.